The Labute approximate surface area is 93.5 Å². The number of hydrogen-bond donors (Lipinski definition) is 1. The van der Waals surface area contributed by atoms with Gasteiger partial charge in [-0.1, -0.05) is 43.2 Å². The van der Waals surface area contributed by atoms with Crippen molar-refractivity contribution < 1.29 is 13.2 Å². The highest BCUT2D eigenvalue weighted by Crippen LogP contribution is 2.40. The summed E-state index contributed by atoms with van der Waals surface area (Å²) in [5.41, 5.74) is 4.36. The fourth-order valence-electron chi connectivity index (χ4n) is 1.70. The van der Waals surface area contributed by atoms with Crippen LogP contribution in [0.4, 0.5) is 13.2 Å². The molecule has 4 heteroatoms. The Morgan fingerprint density at radius 1 is 1.12 bits per heavy atom. The minimum atomic E-state index is -4.42. The highest BCUT2D eigenvalue weighted by Gasteiger charge is 2.52. The number of hydrogen-bond acceptors (Lipinski definition) is 1. The van der Waals surface area contributed by atoms with E-state index in [2.05, 4.69) is 0 Å². The first kappa shape index (κ1) is 13.0. The van der Waals surface area contributed by atoms with E-state index >= 15 is 0 Å². The zero-order chi connectivity index (χ0) is 12.4. The van der Waals surface area contributed by atoms with Crippen molar-refractivity contribution in [2.45, 2.75) is 38.4 Å². The standard InChI is InChI=1S/C12H16F3N/c1-3-8-11(16,12(13,14)15)10-6-4-9(2)5-7-10/h4-7H,3,8,16H2,1-2H3. The van der Waals surface area contributed by atoms with Crippen LogP contribution in [0.25, 0.3) is 0 Å². The number of benzene rings is 1. The molecule has 1 aromatic carbocycles. The highest BCUT2D eigenvalue weighted by atomic mass is 19.4. The second-order valence-electron chi connectivity index (χ2n) is 4.09. The molecule has 1 atom stereocenters. The zero-order valence-corrected chi connectivity index (χ0v) is 9.43. The largest absolute Gasteiger partial charge is 0.410 e. The van der Waals surface area contributed by atoms with Crippen molar-refractivity contribution in [3.8, 4) is 0 Å². The summed E-state index contributed by atoms with van der Waals surface area (Å²) in [7, 11) is 0. The third-order valence-electron chi connectivity index (χ3n) is 2.72. The Morgan fingerprint density at radius 2 is 1.62 bits per heavy atom. The lowest BCUT2D eigenvalue weighted by molar-refractivity contribution is -0.191. The van der Waals surface area contributed by atoms with Crippen LogP contribution in [0.1, 0.15) is 30.9 Å². The third kappa shape index (κ3) is 2.38. The lowest BCUT2D eigenvalue weighted by Gasteiger charge is -2.32. The Balaban J connectivity index is 3.16. The SMILES string of the molecule is CCCC(N)(c1ccc(C)cc1)C(F)(F)F. The summed E-state index contributed by atoms with van der Waals surface area (Å²) in [6, 6.07) is 6.22. The van der Waals surface area contributed by atoms with Gasteiger partial charge in [-0.15, -0.1) is 0 Å². The molecule has 0 amide bonds. The van der Waals surface area contributed by atoms with Crippen molar-refractivity contribution >= 4 is 0 Å². The summed E-state index contributed by atoms with van der Waals surface area (Å²) in [4.78, 5) is 0. The maximum absolute atomic E-state index is 13.0. The Morgan fingerprint density at radius 3 is 2.00 bits per heavy atom. The third-order valence-corrected chi connectivity index (χ3v) is 2.72. The van der Waals surface area contributed by atoms with Crippen LogP contribution in [-0.2, 0) is 5.54 Å². The van der Waals surface area contributed by atoms with Crippen molar-refractivity contribution in [2.24, 2.45) is 5.73 Å². The van der Waals surface area contributed by atoms with E-state index in [1.54, 1.807) is 19.1 Å². The molecule has 0 aliphatic rings. The summed E-state index contributed by atoms with van der Waals surface area (Å²) in [5.74, 6) is 0. The van der Waals surface area contributed by atoms with E-state index in [9.17, 15) is 13.2 Å². The maximum Gasteiger partial charge on any atom is 0.410 e. The summed E-state index contributed by atoms with van der Waals surface area (Å²) < 4.78 is 38.9. The summed E-state index contributed by atoms with van der Waals surface area (Å²) in [6.07, 6.45) is -4.12. The van der Waals surface area contributed by atoms with Crippen molar-refractivity contribution in [2.75, 3.05) is 0 Å². The lowest BCUT2D eigenvalue weighted by atomic mass is 9.85. The molecule has 0 spiro atoms. The van der Waals surface area contributed by atoms with Crippen LogP contribution >= 0.6 is 0 Å². The molecule has 1 rings (SSSR count). The van der Waals surface area contributed by atoms with Gasteiger partial charge in [0.15, 0.2) is 0 Å². The maximum atomic E-state index is 13.0. The summed E-state index contributed by atoms with van der Waals surface area (Å²) in [5, 5.41) is 0. The van der Waals surface area contributed by atoms with Gasteiger partial charge < -0.3 is 5.73 Å². The lowest BCUT2D eigenvalue weighted by Crippen LogP contribution is -2.50. The van der Waals surface area contributed by atoms with Crippen molar-refractivity contribution in [1.82, 2.24) is 0 Å². The van der Waals surface area contributed by atoms with Gasteiger partial charge in [-0.05, 0) is 18.9 Å². The van der Waals surface area contributed by atoms with Crippen LogP contribution in [0, 0.1) is 6.92 Å². The Bertz CT molecular complexity index is 342. The quantitative estimate of drug-likeness (QED) is 0.846. The number of aryl methyl sites for hydroxylation is 1. The van der Waals surface area contributed by atoms with E-state index < -0.39 is 11.7 Å². The van der Waals surface area contributed by atoms with Gasteiger partial charge in [-0.2, -0.15) is 13.2 Å². The van der Waals surface area contributed by atoms with Crippen LogP contribution < -0.4 is 5.73 Å². The van der Waals surface area contributed by atoms with Gasteiger partial charge in [-0.25, -0.2) is 0 Å². The molecule has 0 aliphatic carbocycles. The monoisotopic (exact) mass is 231 g/mol. The second-order valence-corrected chi connectivity index (χ2v) is 4.09. The normalized spacial score (nSPS) is 15.9. The Hall–Kier alpha value is -1.03. The van der Waals surface area contributed by atoms with Crippen LogP contribution in [0.15, 0.2) is 24.3 Å². The molecule has 90 valence electrons. The molecule has 1 aromatic rings. The first-order chi connectivity index (χ1) is 7.31. The fourth-order valence-corrected chi connectivity index (χ4v) is 1.70. The van der Waals surface area contributed by atoms with Gasteiger partial charge in [0.1, 0.15) is 5.54 Å². The molecule has 16 heavy (non-hydrogen) atoms. The Kier molecular flexibility index (Phi) is 3.63. The molecule has 1 nitrogen and oxygen atoms in total. The summed E-state index contributed by atoms with van der Waals surface area (Å²) in [6.45, 7) is 3.52. The van der Waals surface area contributed by atoms with E-state index in [4.69, 9.17) is 5.73 Å². The molecule has 0 aliphatic heterocycles. The predicted molar refractivity (Wildman–Crippen MR) is 58.0 cm³/mol. The van der Waals surface area contributed by atoms with Gasteiger partial charge in [-0.3, -0.25) is 0 Å². The molecule has 0 fully saturated rings. The molecular formula is C12H16F3N. The topological polar surface area (TPSA) is 26.0 Å². The van der Waals surface area contributed by atoms with Gasteiger partial charge in [0.25, 0.3) is 0 Å². The van der Waals surface area contributed by atoms with Crippen LogP contribution in [0.3, 0.4) is 0 Å². The molecule has 0 saturated carbocycles. The molecule has 2 N–H and O–H groups in total. The molecule has 0 aromatic heterocycles. The summed E-state index contributed by atoms with van der Waals surface area (Å²) >= 11 is 0. The van der Waals surface area contributed by atoms with Crippen LogP contribution in [0.5, 0.6) is 0 Å². The number of rotatable bonds is 3. The number of nitrogens with two attached hydrogens (primary N) is 1. The van der Waals surface area contributed by atoms with E-state index in [1.165, 1.54) is 12.1 Å². The van der Waals surface area contributed by atoms with Gasteiger partial charge in [0.2, 0.25) is 0 Å². The predicted octanol–water partition coefficient (Wildman–Crippen LogP) is 3.51. The van der Waals surface area contributed by atoms with Gasteiger partial charge in [0.05, 0.1) is 0 Å². The average molecular weight is 231 g/mol. The van der Waals surface area contributed by atoms with E-state index in [0.29, 0.717) is 6.42 Å². The average Bonchev–Trinajstić information content (AvgIpc) is 2.17. The smallest absolute Gasteiger partial charge is 0.314 e. The minimum absolute atomic E-state index is 0.0977. The number of alkyl halides is 3. The molecule has 1 unspecified atom stereocenters. The van der Waals surface area contributed by atoms with Crippen LogP contribution in [-0.4, -0.2) is 6.18 Å². The van der Waals surface area contributed by atoms with E-state index in [-0.39, 0.29) is 12.0 Å². The van der Waals surface area contributed by atoms with E-state index in [1.807, 2.05) is 6.92 Å². The van der Waals surface area contributed by atoms with Crippen molar-refractivity contribution in [3.05, 3.63) is 35.4 Å². The fraction of sp³-hybridized carbons (Fsp3) is 0.500. The molecular weight excluding hydrogens is 215 g/mol. The van der Waals surface area contributed by atoms with E-state index in [0.717, 1.165) is 5.56 Å². The van der Waals surface area contributed by atoms with Gasteiger partial charge in [0, 0.05) is 0 Å². The van der Waals surface area contributed by atoms with Crippen molar-refractivity contribution in [1.29, 1.82) is 0 Å². The first-order valence-corrected chi connectivity index (χ1v) is 5.24. The minimum Gasteiger partial charge on any atom is -0.314 e. The molecule has 0 radical (unpaired) electrons. The molecule has 0 bridgehead atoms. The van der Waals surface area contributed by atoms with Crippen LogP contribution in [0.2, 0.25) is 0 Å². The van der Waals surface area contributed by atoms with Crippen molar-refractivity contribution in [3.63, 3.8) is 0 Å². The second kappa shape index (κ2) is 4.45. The zero-order valence-electron chi connectivity index (χ0n) is 9.43. The highest BCUT2D eigenvalue weighted by molar-refractivity contribution is 5.29. The molecule has 0 saturated heterocycles. The molecule has 0 heterocycles. The number of halogens is 3. The first-order valence-electron chi connectivity index (χ1n) is 5.24. The van der Waals surface area contributed by atoms with Gasteiger partial charge >= 0.3 is 6.18 Å².